The van der Waals surface area contributed by atoms with Gasteiger partial charge >= 0.3 is 0 Å². The highest BCUT2D eigenvalue weighted by atomic mass is 15.1. The summed E-state index contributed by atoms with van der Waals surface area (Å²) in [6.07, 6.45) is 0. The molecule has 0 amide bonds. The van der Waals surface area contributed by atoms with Crippen LogP contribution in [0.2, 0.25) is 0 Å². The van der Waals surface area contributed by atoms with E-state index in [1.54, 1.807) is 0 Å². The van der Waals surface area contributed by atoms with E-state index in [4.69, 9.17) is 0 Å². The Kier molecular flexibility index (Phi) is 7.25. The first kappa shape index (κ1) is 31.3. The van der Waals surface area contributed by atoms with Crippen LogP contribution in [0.1, 0.15) is 0 Å². The van der Waals surface area contributed by atoms with E-state index in [0.717, 1.165) is 17.1 Å². The molecule has 0 spiro atoms. The van der Waals surface area contributed by atoms with E-state index in [0.29, 0.717) is 0 Å². The molecule has 0 bridgehead atoms. The third-order valence-corrected chi connectivity index (χ3v) is 11.4. The van der Waals surface area contributed by atoms with Gasteiger partial charge in [-0.15, -0.1) is 0 Å². The van der Waals surface area contributed by atoms with Crippen LogP contribution in [0.25, 0.3) is 86.9 Å². The summed E-state index contributed by atoms with van der Waals surface area (Å²) in [4.78, 5) is 2.42. The Labute approximate surface area is 320 Å². The largest absolute Gasteiger partial charge is 0.310 e. The lowest BCUT2D eigenvalue weighted by Crippen LogP contribution is -2.10. The summed E-state index contributed by atoms with van der Waals surface area (Å²) in [7, 11) is 0. The lowest BCUT2D eigenvalue weighted by atomic mass is 9.93. The van der Waals surface area contributed by atoms with Crippen molar-refractivity contribution in [3.05, 3.63) is 212 Å². The summed E-state index contributed by atoms with van der Waals surface area (Å²) in [6, 6.07) is 77.8. The molecule has 11 aromatic carbocycles. The van der Waals surface area contributed by atoms with Gasteiger partial charge in [-0.2, -0.15) is 0 Å². The van der Waals surface area contributed by atoms with E-state index in [-0.39, 0.29) is 0 Å². The average Bonchev–Trinajstić information content (AvgIpc) is 3.26. The topological polar surface area (TPSA) is 3.24 Å². The second-order valence-electron chi connectivity index (χ2n) is 14.5. The van der Waals surface area contributed by atoms with Crippen LogP contribution in [0, 0.1) is 0 Å². The maximum Gasteiger partial charge on any atom is 0.0468 e. The van der Waals surface area contributed by atoms with E-state index in [1.807, 2.05) is 0 Å². The molecule has 0 heterocycles. The highest BCUT2D eigenvalue weighted by Gasteiger charge is 2.18. The van der Waals surface area contributed by atoms with Crippen molar-refractivity contribution in [1.82, 2.24) is 0 Å². The van der Waals surface area contributed by atoms with Gasteiger partial charge < -0.3 is 4.90 Å². The first-order chi connectivity index (χ1) is 27.3. The van der Waals surface area contributed by atoms with Gasteiger partial charge in [0, 0.05) is 17.1 Å². The van der Waals surface area contributed by atoms with Crippen LogP contribution in [0.3, 0.4) is 0 Å². The molecule has 1 heteroatoms. The van der Waals surface area contributed by atoms with Crippen molar-refractivity contribution in [2.75, 3.05) is 4.90 Å². The van der Waals surface area contributed by atoms with Crippen LogP contribution < -0.4 is 4.90 Å². The zero-order valence-corrected chi connectivity index (χ0v) is 30.2. The Morgan fingerprint density at radius 3 is 1.42 bits per heavy atom. The molecular formula is C54H35N. The molecule has 0 aliphatic rings. The Balaban J connectivity index is 1.12. The predicted molar refractivity (Wildman–Crippen MR) is 237 cm³/mol. The van der Waals surface area contributed by atoms with Gasteiger partial charge in [0.25, 0.3) is 0 Å². The molecule has 0 N–H and O–H groups in total. The lowest BCUT2D eigenvalue weighted by Gasteiger charge is -2.27. The molecule has 11 aromatic rings. The molecule has 1 nitrogen and oxygen atoms in total. The zero-order chi connectivity index (χ0) is 36.3. The second-order valence-corrected chi connectivity index (χ2v) is 14.5. The average molecular weight is 698 g/mol. The molecule has 0 atom stereocenters. The summed E-state index contributed by atoms with van der Waals surface area (Å²) in [6.45, 7) is 0. The number of hydrogen-bond donors (Lipinski definition) is 0. The fourth-order valence-electron chi connectivity index (χ4n) is 8.85. The molecule has 11 rings (SSSR count). The monoisotopic (exact) mass is 697 g/mol. The van der Waals surface area contributed by atoms with Gasteiger partial charge in [0.05, 0.1) is 0 Å². The minimum atomic E-state index is 1.10. The van der Waals surface area contributed by atoms with Crippen LogP contribution in [0.15, 0.2) is 212 Å². The first-order valence-electron chi connectivity index (χ1n) is 19.0. The molecule has 0 fully saturated rings. The summed E-state index contributed by atoms with van der Waals surface area (Å²) in [5, 5.41) is 15.2. The van der Waals surface area contributed by atoms with Gasteiger partial charge in [0.1, 0.15) is 0 Å². The van der Waals surface area contributed by atoms with Crippen LogP contribution in [0.5, 0.6) is 0 Å². The van der Waals surface area contributed by atoms with Crippen molar-refractivity contribution in [2.45, 2.75) is 0 Å². The van der Waals surface area contributed by atoms with E-state index >= 15 is 0 Å². The summed E-state index contributed by atoms with van der Waals surface area (Å²) in [5.41, 5.74) is 8.20. The summed E-state index contributed by atoms with van der Waals surface area (Å²) >= 11 is 0. The molecule has 0 aliphatic carbocycles. The molecule has 0 aromatic heterocycles. The number of hydrogen-bond acceptors (Lipinski definition) is 1. The van der Waals surface area contributed by atoms with Crippen molar-refractivity contribution in [1.29, 1.82) is 0 Å². The summed E-state index contributed by atoms with van der Waals surface area (Å²) in [5.74, 6) is 0. The number of anilines is 3. The number of rotatable bonds is 5. The minimum Gasteiger partial charge on any atom is -0.310 e. The highest BCUT2D eigenvalue weighted by molar-refractivity contribution is 6.26. The third-order valence-electron chi connectivity index (χ3n) is 11.4. The second kappa shape index (κ2) is 12.7. The van der Waals surface area contributed by atoms with E-state index in [1.165, 1.54) is 86.9 Å². The minimum absolute atomic E-state index is 1.10. The van der Waals surface area contributed by atoms with Gasteiger partial charge in [-0.05, 0) is 129 Å². The Hall–Kier alpha value is -7.22. The SMILES string of the molecule is c1cc(-c2cccc3ccccc23)cc(N(c2ccc(-c3cc4ccccc4c4ccccc34)cc2)c2ccc3c4ccccc4c4ccccc4c3c2)c1. The maximum atomic E-state index is 2.42. The molecule has 55 heavy (non-hydrogen) atoms. The van der Waals surface area contributed by atoms with Crippen molar-refractivity contribution >= 4 is 81.7 Å². The predicted octanol–water partition coefficient (Wildman–Crippen LogP) is 15.4. The maximum absolute atomic E-state index is 2.42. The molecule has 256 valence electrons. The van der Waals surface area contributed by atoms with Crippen molar-refractivity contribution in [3.8, 4) is 22.3 Å². The van der Waals surface area contributed by atoms with Gasteiger partial charge in [-0.3, -0.25) is 0 Å². The molecule has 0 saturated heterocycles. The number of fused-ring (bicyclic) bond motifs is 10. The van der Waals surface area contributed by atoms with Gasteiger partial charge in [-0.25, -0.2) is 0 Å². The molecular weight excluding hydrogens is 663 g/mol. The fraction of sp³-hybridized carbons (Fsp3) is 0. The van der Waals surface area contributed by atoms with Crippen LogP contribution in [-0.2, 0) is 0 Å². The summed E-state index contributed by atoms with van der Waals surface area (Å²) < 4.78 is 0. The van der Waals surface area contributed by atoms with Gasteiger partial charge in [0.2, 0.25) is 0 Å². The van der Waals surface area contributed by atoms with Crippen molar-refractivity contribution < 1.29 is 0 Å². The third kappa shape index (κ3) is 5.16. The van der Waals surface area contributed by atoms with Crippen LogP contribution in [0.4, 0.5) is 17.1 Å². The van der Waals surface area contributed by atoms with Crippen molar-refractivity contribution in [3.63, 3.8) is 0 Å². The Morgan fingerprint density at radius 2 is 0.709 bits per heavy atom. The number of benzene rings is 11. The Morgan fingerprint density at radius 1 is 0.218 bits per heavy atom. The van der Waals surface area contributed by atoms with E-state index in [9.17, 15) is 0 Å². The normalized spacial score (nSPS) is 11.6. The lowest BCUT2D eigenvalue weighted by molar-refractivity contribution is 1.29. The molecule has 0 radical (unpaired) electrons. The van der Waals surface area contributed by atoms with Crippen LogP contribution in [-0.4, -0.2) is 0 Å². The smallest absolute Gasteiger partial charge is 0.0468 e. The molecule has 0 aliphatic heterocycles. The van der Waals surface area contributed by atoms with Gasteiger partial charge in [-0.1, -0.05) is 170 Å². The quantitative estimate of drug-likeness (QED) is 0.162. The van der Waals surface area contributed by atoms with Crippen LogP contribution >= 0.6 is 0 Å². The fourth-order valence-corrected chi connectivity index (χ4v) is 8.85. The van der Waals surface area contributed by atoms with Gasteiger partial charge in [0.15, 0.2) is 0 Å². The zero-order valence-electron chi connectivity index (χ0n) is 30.2. The first-order valence-corrected chi connectivity index (χ1v) is 19.0. The number of nitrogens with zero attached hydrogens (tertiary/aromatic N) is 1. The molecule has 0 saturated carbocycles. The standard InChI is InChI=1S/C54H35N/c1-3-18-43-36(13-1)15-12-26-44(43)38-16-11-17-41(33-38)55(42-31-32-52-49-23-7-6-21-47(49)48-22-8-10-25-51(48)54(52)35-42)40-29-27-37(28-30-40)53-34-39-14-2-4-19-45(39)46-20-5-9-24-50(46)53/h1-35H. The highest BCUT2D eigenvalue weighted by Crippen LogP contribution is 2.43. The van der Waals surface area contributed by atoms with Crippen molar-refractivity contribution in [2.24, 2.45) is 0 Å². The van der Waals surface area contributed by atoms with E-state index in [2.05, 4.69) is 217 Å². The Bertz CT molecular complexity index is 3220. The molecule has 0 unspecified atom stereocenters. The van der Waals surface area contributed by atoms with E-state index < -0.39 is 0 Å².